The van der Waals surface area contributed by atoms with Crippen LogP contribution >= 0.6 is 23.1 Å². The third kappa shape index (κ3) is 4.36. The minimum absolute atomic E-state index is 0.271. The molecule has 2 aromatic rings. The highest BCUT2D eigenvalue weighted by Crippen LogP contribution is 2.29. The van der Waals surface area contributed by atoms with Crippen LogP contribution in [0.2, 0.25) is 0 Å². The molecular weight excluding hydrogens is 278 g/mol. The molecule has 0 bridgehead atoms. The van der Waals surface area contributed by atoms with Gasteiger partial charge in [-0.1, -0.05) is 30.0 Å². The zero-order valence-electron chi connectivity index (χ0n) is 10.7. The Bertz CT molecular complexity index is 545. The fourth-order valence-corrected chi connectivity index (χ4v) is 3.54. The first-order valence-electron chi connectivity index (χ1n) is 6.11. The Hall–Kier alpha value is -1.33. The molecule has 1 aromatic carbocycles. The Balaban J connectivity index is 1.78. The first-order chi connectivity index (χ1) is 9.29. The van der Waals surface area contributed by atoms with Crippen LogP contribution in [0.4, 0.5) is 0 Å². The molecule has 100 valence electrons. The maximum atomic E-state index is 11.1. The van der Waals surface area contributed by atoms with Crippen LogP contribution in [0, 0.1) is 0 Å². The molecule has 0 aliphatic rings. The molecule has 0 aliphatic heterocycles. The lowest BCUT2D eigenvalue weighted by Gasteiger charge is -1.95. The van der Waals surface area contributed by atoms with Crippen LogP contribution in [0.25, 0.3) is 10.2 Å². The van der Waals surface area contributed by atoms with Crippen LogP contribution in [0.3, 0.4) is 0 Å². The van der Waals surface area contributed by atoms with Crippen molar-refractivity contribution in [3.05, 3.63) is 36.4 Å². The number of thioether (sulfide) groups is 1. The van der Waals surface area contributed by atoms with Gasteiger partial charge in [0.05, 0.1) is 16.8 Å². The lowest BCUT2D eigenvalue weighted by atomic mass is 10.3. The van der Waals surface area contributed by atoms with Crippen LogP contribution in [0.15, 0.2) is 40.8 Å². The molecule has 5 heteroatoms. The van der Waals surface area contributed by atoms with Gasteiger partial charge >= 0.3 is 5.97 Å². The minimum atomic E-state index is -0.271. The predicted octanol–water partition coefficient (Wildman–Crippen LogP) is 3.90. The number of esters is 1. The van der Waals surface area contributed by atoms with E-state index in [2.05, 4.69) is 11.1 Å². The second-order valence-corrected chi connectivity index (χ2v) is 6.11. The molecule has 0 amide bonds. The monoisotopic (exact) mass is 293 g/mol. The summed E-state index contributed by atoms with van der Waals surface area (Å²) in [6, 6.07) is 8.13. The van der Waals surface area contributed by atoms with Gasteiger partial charge in [-0.05, 0) is 25.5 Å². The van der Waals surface area contributed by atoms with Crippen molar-refractivity contribution >= 4 is 39.3 Å². The molecule has 0 spiro atoms. The van der Waals surface area contributed by atoms with Gasteiger partial charge in [0.2, 0.25) is 0 Å². The van der Waals surface area contributed by atoms with E-state index in [9.17, 15) is 4.79 Å². The van der Waals surface area contributed by atoms with Gasteiger partial charge in [-0.15, -0.1) is 11.3 Å². The van der Waals surface area contributed by atoms with E-state index in [1.807, 2.05) is 24.3 Å². The fourth-order valence-electron chi connectivity index (χ4n) is 1.50. The van der Waals surface area contributed by atoms with E-state index in [0.717, 1.165) is 22.0 Å². The molecular formula is C14H15NO2S2. The zero-order chi connectivity index (χ0) is 13.5. The van der Waals surface area contributed by atoms with Crippen LogP contribution in [-0.2, 0) is 9.53 Å². The lowest BCUT2D eigenvalue weighted by Crippen LogP contribution is -1.98. The van der Waals surface area contributed by atoms with Crippen LogP contribution in [-0.4, -0.2) is 23.3 Å². The van der Waals surface area contributed by atoms with Crippen molar-refractivity contribution in [2.45, 2.75) is 17.7 Å². The number of carbonyl (C=O) groups excluding carboxylic acids is 1. The molecule has 0 saturated heterocycles. The summed E-state index contributed by atoms with van der Waals surface area (Å²) in [5, 5.41) is 0. The van der Waals surface area contributed by atoms with E-state index < -0.39 is 0 Å². The van der Waals surface area contributed by atoms with E-state index in [-0.39, 0.29) is 5.97 Å². The molecule has 0 aliphatic carbocycles. The van der Waals surface area contributed by atoms with Gasteiger partial charge in [-0.3, -0.25) is 0 Å². The number of nitrogens with zero attached hydrogens (tertiary/aromatic N) is 1. The molecule has 0 fully saturated rings. The molecule has 19 heavy (non-hydrogen) atoms. The first kappa shape index (κ1) is 14.1. The number of ether oxygens (including phenoxy) is 1. The van der Waals surface area contributed by atoms with E-state index in [0.29, 0.717) is 6.61 Å². The van der Waals surface area contributed by atoms with Gasteiger partial charge in [-0.2, -0.15) is 0 Å². The average molecular weight is 293 g/mol. The maximum absolute atomic E-state index is 11.1. The smallest absolute Gasteiger partial charge is 0.330 e. The zero-order valence-corrected chi connectivity index (χ0v) is 12.3. The third-order valence-electron chi connectivity index (χ3n) is 2.32. The molecule has 1 heterocycles. The number of para-hydroxylation sites is 1. The number of carbonyl (C=O) groups is 1. The summed E-state index contributed by atoms with van der Waals surface area (Å²) < 4.78 is 7.09. The van der Waals surface area contributed by atoms with Crippen LogP contribution in [0.1, 0.15) is 13.3 Å². The predicted molar refractivity (Wildman–Crippen MR) is 80.7 cm³/mol. The summed E-state index contributed by atoms with van der Waals surface area (Å²) in [6.07, 6.45) is 4.17. The number of allylic oxidation sites excluding steroid dienone is 1. The summed E-state index contributed by atoms with van der Waals surface area (Å²) in [6.45, 7) is 2.22. The van der Waals surface area contributed by atoms with Gasteiger partial charge in [0.15, 0.2) is 4.34 Å². The Labute approximate surface area is 120 Å². The first-order valence-corrected chi connectivity index (χ1v) is 7.91. The van der Waals surface area contributed by atoms with Gasteiger partial charge in [0.1, 0.15) is 0 Å². The summed E-state index contributed by atoms with van der Waals surface area (Å²) in [7, 11) is 0. The Kier molecular flexibility index (Phi) is 5.42. The van der Waals surface area contributed by atoms with Gasteiger partial charge < -0.3 is 4.74 Å². The number of benzene rings is 1. The van der Waals surface area contributed by atoms with Crippen molar-refractivity contribution in [2.75, 3.05) is 12.4 Å². The number of hydrogen-bond acceptors (Lipinski definition) is 5. The fraction of sp³-hybridized carbons (Fsp3) is 0.286. The van der Waals surface area contributed by atoms with Gasteiger partial charge in [0, 0.05) is 11.8 Å². The Morgan fingerprint density at radius 3 is 3.11 bits per heavy atom. The highest BCUT2D eigenvalue weighted by Gasteiger charge is 2.02. The normalized spacial score (nSPS) is 11.2. The Morgan fingerprint density at radius 1 is 1.47 bits per heavy atom. The summed E-state index contributed by atoms with van der Waals surface area (Å²) in [4.78, 5) is 15.6. The number of fused-ring (bicyclic) bond motifs is 1. The summed E-state index contributed by atoms with van der Waals surface area (Å²) in [5.41, 5.74) is 1.05. The molecule has 0 atom stereocenters. The Morgan fingerprint density at radius 2 is 2.32 bits per heavy atom. The summed E-state index contributed by atoms with van der Waals surface area (Å²) >= 11 is 3.42. The van der Waals surface area contributed by atoms with Gasteiger partial charge in [-0.25, -0.2) is 9.78 Å². The molecule has 1 aromatic heterocycles. The van der Waals surface area contributed by atoms with Crippen molar-refractivity contribution in [2.24, 2.45) is 0 Å². The lowest BCUT2D eigenvalue weighted by molar-refractivity contribution is -0.137. The highest BCUT2D eigenvalue weighted by molar-refractivity contribution is 8.01. The number of hydrogen-bond donors (Lipinski definition) is 0. The topological polar surface area (TPSA) is 39.2 Å². The molecule has 2 rings (SSSR count). The molecule has 0 saturated carbocycles. The van der Waals surface area contributed by atoms with E-state index in [4.69, 9.17) is 4.74 Å². The largest absolute Gasteiger partial charge is 0.463 e. The number of thiazole rings is 1. The van der Waals surface area contributed by atoms with Crippen molar-refractivity contribution < 1.29 is 9.53 Å². The average Bonchev–Trinajstić information content (AvgIpc) is 2.81. The minimum Gasteiger partial charge on any atom is -0.463 e. The third-order valence-corrected chi connectivity index (χ3v) is 4.54. The second-order valence-electron chi connectivity index (χ2n) is 3.74. The van der Waals surface area contributed by atoms with E-state index in [1.54, 1.807) is 30.0 Å². The summed E-state index contributed by atoms with van der Waals surface area (Å²) in [5.74, 6) is 0.642. The van der Waals surface area contributed by atoms with E-state index in [1.165, 1.54) is 10.8 Å². The molecule has 3 nitrogen and oxygen atoms in total. The molecule has 0 N–H and O–H groups in total. The number of rotatable bonds is 6. The number of aromatic nitrogens is 1. The van der Waals surface area contributed by atoms with Crippen LogP contribution < -0.4 is 0 Å². The van der Waals surface area contributed by atoms with E-state index >= 15 is 0 Å². The SMILES string of the molecule is CCOC(=O)/C=C/CCSc1nc2ccccc2s1. The highest BCUT2D eigenvalue weighted by atomic mass is 32.2. The van der Waals surface area contributed by atoms with Crippen molar-refractivity contribution in [1.82, 2.24) is 4.98 Å². The van der Waals surface area contributed by atoms with Crippen molar-refractivity contribution in [3.63, 3.8) is 0 Å². The molecule has 0 radical (unpaired) electrons. The maximum Gasteiger partial charge on any atom is 0.330 e. The van der Waals surface area contributed by atoms with Gasteiger partial charge in [0.25, 0.3) is 0 Å². The quantitative estimate of drug-likeness (QED) is 0.350. The molecule has 0 unspecified atom stereocenters. The standard InChI is InChI=1S/C14H15NO2S2/c1-2-17-13(16)9-5-6-10-18-14-15-11-7-3-4-8-12(11)19-14/h3-5,7-9H,2,6,10H2,1H3/b9-5+. The second kappa shape index (κ2) is 7.31. The van der Waals surface area contributed by atoms with Crippen molar-refractivity contribution in [3.8, 4) is 0 Å². The van der Waals surface area contributed by atoms with Crippen molar-refractivity contribution in [1.29, 1.82) is 0 Å². The van der Waals surface area contributed by atoms with Crippen LogP contribution in [0.5, 0.6) is 0 Å².